The molecule has 0 spiro atoms. The van der Waals surface area contributed by atoms with Gasteiger partial charge in [0.1, 0.15) is 5.41 Å². The molecule has 3 nitrogen and oxygen atoms in total. The topological polar surface area (TPSA) is 30.2 Å². The molecule has 3 rings (SSSR count). The molecule has 0 saturated heterocycles. The molecule has 7 heteroatoms. The Morgan fingerprint density at radius 3 is 2.83 bits per heavy atom. The van der Waals surface area contributed by atoms with Crippen LogP contribution in [0.15, 0.2) is 12.3 Å². The Morgan fingerprint density at radius 2 is 2.17 bits per heavy atom. The number of nitrogens with zero attached hydrogens (tertiary/aromatic N) is 3. The molecule has 0 saturated carbocycles. The fourth-order valence-corrected chi connectivity index (χ4v) is 2.66. The third-order valence-corrected chi connectivity index (χ3v) is 3.76. The summed E-state index contributed by atoms with van der Waals surface area (Å²) in [5.41, 5.74) is -0.802. The third kappa shape index (κ3) is 1.38. The van der Waals surface area contributed by atoms with Crippen LogP contribution in [-0.2, 0) is 11.8 Å². The minimum Gasteiger partial charge on any atom is -0.237 e. The molecule has 1 aliphatic rings. The van der Waals surface area contributed by atoms with Crippen molar-refractivity contribution < 1.29 is 13.2 Å². The van der Waals surface area contributed by atoms with E-state index in [2.05, 4.69) is 10.1 Å². The lowest BCUT2D eigenvalue weighted by atomic mass is 9.87. The van der Waals surface area contributed by atoms with E-state index in [0.717, 1.165) is 0 Å². The van der Waals surface area contributed by atoms with Crippen molar-refractivity contribution in [3.63, 3.8) is 0 Å². The molecule has 1 atom stereocenters. The van der Waals surface area contributed by atoms with E-state index >= 15 is 0 Å². The van der Waals surface area contributed by atoms with Crippen molar-refractivity contribution in [3.8, 4) is 0 Å². The highest BCUT2D eigenvalue weighted by molar-refractivity contribution is 6.29. The van der Waals surface area contributed by atoms with Crippen LogP contribution < -0.4 is 0 Å². The van der Waals surface area contributed by atoms with Crippen molar-refractivity contribution in [1.29, 1.82) is 0 Å². The Kier molecular flexibility index (Phi) is 2.21. The fraction of sp³-hybridized carbons (Fsp3) is 0.455. The molecular formula is C11H9ClF3N3. The van der Waals surface area contributed by atoms with Crippen LogP contribution in [-0.4, -0.2) is 20.8 Å². The molecule has 0 bridgehead atoms. The van der Waals surface area contributed by atoms with Crippen molar-refractivity contribution >= 4 is 17.2 Å². The Bertz CT molecular complexity index is 634. The second-order valence-electron chi connectivity index (χ2n) is 4.70. The number of halogens is 4. The maximum atomic E-state index is 13.3. The smallest absolute Gasteiger partial charge is 0.237 e. The van der Waals surface area contributed by atoms with Crippen LogP contribution >= 0.6 is 11.6 Å². The second kappa shape index (κ2) is 3.38. The van der Waals surface area contributed by atoms with Gasteiger partial charge in [0, 0.05) is 12.3 Å². The predicted octanol–water partition coefficient (Wildman–Crippen LogP) is 3.15. The monoisotopic (exact) mass is 275 g/mol. The first-order chi connectivity index (χ1) is 8.33. The summed E-state index contributed by atoms with van der Waals surface area (Å²) in [6.45, 7) is 1.20. The van der Waals surface area contributed by atoms with E-state index in [9.17, 15) is 13.2 Å². The molecule has 0 radical (unpaired) electrons. The van der Waals surface area contributed by atoms with Crippen LogP contribution in [0.1, 0.15) is 24.6 Å². The molecule has 0 aliphatic heterocycles. The Morgan fingerprint density at radius 1 is 1.44 bits per heavy atom. The first kappa shape index (κ1) is 11.8. The first-order valence-electron chi connectivity index (χ1n) is 5.43. The van der Waals surface area contributed by atoms with Crippen molar-refractivity contribution in [3.05, 3.63) is 28.7 Å². The highest BCUT2D eigenvalue weighted by Gasteiger charge is 2.57. The van der Waals surface area contributed by atoms with Gasteiger partial charge in [-0.2, -0.15) is 18.3 Å². The van der Waals surface area contributed by atoms with E-state index in [1.807, 2.05) is 0 Å². The van der Waals surface area contributed by atoms with E-state index < -0.39 is 11.6 Å². The highest BCUT2D eigenvalue weighted by atomic mass is 35.5. The van der Waals surface area contributed by atoms with E-state index in [1.165, 1.54) is 23.7 Å². The molecule has 96 valence electrons. The summed E-state index contributed by atoms with van der Waals surface area (Å²) in [6.07, 6.45) is -2.46. The van der Waals surface area contributed by atoms with Crippen molar-refractivity contribution in [2.75, 3.05) is 0 Å². The van der Waals surface area contributed by atoms with Gasteiger partial charge in [-0.3, -0.25) is 0 Å². The number of fused-ring (bicyclic) bond motifs is 3. The SMILES string of the molecule is C[C@@]1(C(F)(F)F)CCc2cnc3cc(Cl)nn3c21. The number of hydrogen-bond donors (Lipinski definition) is 0. The minimum absolute atomic E-state index is 0.0180. The minimum atomic E-state index is -4.31. The van der Waals surface area contributed by atoms with Crippen LogP contribution in [0.2, 0.25) is 5.15 Å². The quantitative estimate of drug-likeness (QED) is 0.739. The molecule has 0 fully saturated rings. The van der Waals surface area contributed by atoms with Gasteiger partial charge in [0.05, 0.1) is 5.69 Å². The Balaban J connectivity index is 2.35. The molecule has 0 aromatic carbocycles. The van der Waals surface area contributed by atoms with Gasteiger partial charge in [0.2, 0.25) is 0 Å². The van der Waals surface area contributed by atoms with Gasteiger partial charge < -0.3 is 0 Å². The van der Waals surface area contributed by atoms with Crippen molar-refractivity contribution in [2.24, 2.45) is 0 Å². The third-order valence-electron chi connectivity index (χ3n) is 3.57. The molecule has 1 aliphatic carbocycles. The molecule has 2 aromatic heterocycles. The molecule has 2 aromatic rings. The lowest BCUT2D eigenvalue weighted by molar-refractivity contribution is -0.186. The summed E-state index contributed by atoms with van der Waals surface area (Å²) >= 11 is 5.74. The van der Waals surface area contributed by atoms with Crippen LogP contribution in [0.5, 0.6) is 0 Å². The summed E-state index contributed by atoms with van der Waals surface area (Å²) < 4.78 is 41.0. The zero-order valence-corrected chi connectivity index (χ0v) is 10.2. The first-order valence-corrected chi connectivity index (χ1v) is 5.81. The van der Waals surface area contributed by atoms with Gasteiger partial charge >= 0.3 is 6.18 Å². The van der Waals surface area contributed by atoms with Crippen LogP contribution in [0.25, 0.3) is 5.65 Å². The lowest BCUT2D eigenvalue weighted by Crippen LogP contribution is -2.39. The molecular weight excluding hydrogens is 267 g/mol. The summed E-state index contributed by atoms with van der Waals surface area (Å²) in [5, 5.41) is 4.06. The summed E-state index contributed by atoms with van der Waals surface area (Å²) in [7, 11) is 0. The van der Waals surface area contributed by atoms with Crippen molar-refractivity contribution in [2.45, 2.75) is 31.4 Å². The van der Waals surface area contributed by atoms with E-state index in [1.54, 1.807) is 0 Å². The maximum absolute atomic E-state index is 13.3. The van der Waals surface area contributed by atoms with Crippen molar-refractivity contribution in [1.82, 2.24) is 14.6 Å². The van der Waals surface area contributed by atoms with Gasteiger partial charge in [-0.25, -0.2) is 9.50 Å². The lowest BCUT2D eigenvalue weighted by Gasteiger charge is -2.28. The molecule has 18 heavy (non-hydrogen) atoms. The molecule has 0 amide bonds. The van der Waals surface area contributed by atoms with Gasteiger partial charge in [-0.15, -0.1) is 0 Å². The Hall–Kier alpha value is -1.30. The standard InChI is InChI=1S/C11H9ClF3N3/c1-10(11(13,14)15)3-2-6-5-16-8-4-7(12)17-18(8)9(6)10/h4-5H,2-3H2,1H3/t10-/m1/s1. The number of hydrogen-bond acceptors (Lipinski definition) is 2. The van der Waals surface area contributed by atoms with Gasteiger partial charge in [-0.05, 0) is 25.3 Å². The van der Waals surface area contributed by atoms with E-state index in [-0.39, 0.29) is 17.3 Å². The zero-order valence-electron chi connectivity index (χ0n) is 9.42. The Labute approximate surface area is 106 Å². The zero-order chi connectivity index (χ0) is 13.1. The average molecular weight is 276 g/mol. The van der Waals surface area contributed by atoms with Gasteiger partial charge in [0.15, 0.2) is 10.8 Å². The van der Waals surface area contributed by atoms with Crippen LogP contribution in [0, 0.1) is 0 Å². The number of aromatic nitrogens is 3. The normalized spacial score (nSPS) is 23.6. The van der Waals surface area contributed by atoms with E-state index in [4.69, 9.17) is 11.6 Å². The molecule has 0 unspecified atom stereocenters. The summed E-state index contributed by atoms with van der Waals surface area (Å²) in [5.74, 6) is 0. The number of aryl methyl sites for hydroxylation is 1. The summed E-state index contributed by atoms with van der Waals surface area (Å²) in [6, 6.07) is 1.46. The molecule has 0 N–H and O–H groups in total. The molecule has 2 heterocycles. The fourth-order valence-electron chi connectivity index (χ4n) is 2.49. The predicted molar refractivity (Wildman–Crippen MR) is 59.7 cm³/mol. The highest BCUT2D eigenvalue weighted by Crippen LogP contribution is 2.49. The maximum Gasteiger partial charge on any atom is 0.399 e. The number of rotatable bonds is 0. The van der Waals surface area contributed by atoms with Crippen LogP contribution in [0.4, 0.5) is 13.2 Å². The van der Waals surface area contributed by atoms with Gasteiger partial charge in [0.25, 0.3) is 0 Å². The second-order valence-corrected chi connectivity index (χ2v) is 5.09. The number of alkyl halides is 3. The van der Waals surface area contributed by atoms with Crippen LogP contribution in [0.3, 0.4) is 0 Å². The van der Waals surface area contributed by atoms with E-state index in [0.29, 0.717) is 17.6 Å². The average Bonchev–Trinajstić information content (AvgIpc) is 2.78. The van der Waals surface area contributed by atoms with Gasteiger partial charge in [-0.1, -0.05) is 11.6 Å². The summed E-state index contributed by atoms with van der Waals surface area (Å²) in [4.78, 5) is 4.07. The largest absolute Gasteiger partial charge is 0.399 e.